The van der Waals surface area contributed by atoms with E-state index in [0.29, 0.717) is 6.54 Å². The fourth-order valence-electron chi connectivity index (χ4n) is 0.577. The lowest BCUT2D eigenvalue weighted by atomic mass is 10.5. The monoisotopic (exact) mass is 138 g/mol. The van der Waals surface area contributed by atoms with Gasteiger partial charge < -0.3 is 10.3 Å². The minimum atomic E-state index is -0.289. The summed E-state index contributed by atoms with van der Waals surface area (Å²) in [5.41, 5.74) is 0.803. The molecule has 53 valence electrons. The topological polar surface area (TPSA) is 57.8 Å². The van der Waals surface area contributed by atoms with Gasteiger partial charge in [-0.25, -0.2) is 4.98 Å². The zero-order valence-electron chi connectivity index (χ0n) is 5.42. The van der Waals surface area contributed by atoms with Crippen LogP contribution in [-0.2, 0) is 11.3 Å². The van der Waals surface area contributed by atoms with Crippen LogP contribution in [0.4, 0.5) is 0 Å². The Morgan fingerprint density at radius 3 is 3.20 bits per heavy atom. The second kappa shape index (κ2) is 3.00. The summed E-state index contributed by atoms with van der Waals surface area (Å²) in [5, 5.41) is 2.52. The fraction of sp³-hybridized carbons (Fsp3) is 0.167. The Morgan fingerprint density at radius 2 is 2.70 bits per heavy atom. The van der Waals surface area contributed by atoms with E-state index in [2.05, 4.69) is 22.2 Å². The van der Waals surface area contributed by atoms with Crippen molar-refractivity contribution in [2.45, 2.75) is 6.54 Å². The number of carbonyl (C=O) groups is 1. The van der Waals surface area contributed by atoms with Gasteiger partial charge in [0.1, 0.15) is 0 Å². The molecule has 0 aliphatic carbocycles. The number of hydrogen-bond acceptors (Lipinski definition) is 2. The summed E-state index contributed by atoms with van der Waals surface area (Å²) in [4.78, 5) is 16.9. The zero-order chi connectivity index (χ0) is 7.40. The third kappa shape index (κ3) is 1.89. The molecule has 1 radical (unpaired) electrons. The second-order valence-corrected chi connectivity index (χ2v) is 1.84. The number of aromatic amines is 1. The molecular formula is C6H8N3O. The Kier molecular flexibility index (Phi) is 2.04. The number of nitrogens with zero attached hydrogens (tertiary/aromatic N) is 1. The van der Waals surface area contributed by atoms with Gasteiger partial charge in [0, 0.05) is 13.1 Å². The third-order valence-electron chi connectivity index (χ3n) is 1.02. The molecule has 0 spiro atoms. The highest BCUT2D eigenvalue weighted by molar-refractivity contribution is 5.79. The highest BCUT2D eigenvalue weighted by Crippen LogP contribution is 1.87. The van der Waals surface area contributed by atoms with Gasteiger partial charge in [0.2, 0.25) is 5.91 Å². The Hall–Kier alpha value is -1.32. The Balaban J connectivity index is 2.35. The van der Waals surface area contributed by atoms with Crippen molar-refractivity contribution in [3.63, 3.8) is 0 Å². The second-order valence-electron chi connectivity index (χ2n) is 1.84. The summed E-state index contributed by atoms with van der Waals surface area (Å²) in [5.74, 6) is -0.289. The molecule has 1 aromatic rings. The van der Waals surface area contributed by atoms with Gasteiger partial charge in [0.05, 0.1) is 18.6 Å². The van der Waals surface area contributed by atoms with Crippen LogP contribution in [0.5, 0.6) is 0 Å². The summed E-state index contributed by atoms with van der Waals surface area (Å²) in [6.07, 6.45) is 3.28. The molecule has 1 amide bonds. The van der Waals surface area contributed by atoms with Gasteiger partial charge in [0.25, 0.3) is 0 Å². The summed E-state index contributed by atoms with van der Waals surface area (Å²) >= 11 is 0. The van der Waals surface area contributed by atoms with Crippen LogP contribution in [0.2, 0.25) is 0 Å². The Labute approximate surface area is 58.7 Å². The molecule has 0 atom stereocenters. The van der Waals surface area contributed by atoms with Gasteiger partial charge in [-0.1, -0.05) is 0 Å². The number of amides is 1. The first kappa shape index (κ1) is 6.80. The molecule has 0 bridgehead atoms. The maximum atomic E-state index is 10.3. The van der Waals surface area contributed by atoms with Gasteiger partial charge in [0.15, 0.2) is 0 Å². The van der Waals surface area contributed by atoms with Crippen LogP contribution in [0.1, 0.15) is 5.69 Å². The summed E-state index contributed by atoms with van der Waals surface area (Å²) < 4.78 is 0. The Morgan fingerprint density at radius 1 is 1.90 bits per heavy atom. The van der Waals surface area contributed by atoms with Crippen LogP contribution in [0.3, 0.4) is 0 Å². The highest BCUT2D eigenvalue weighted by Gasteiger charge is 1.93. The molecule has 1 rings (SSSR count). The number of rotatable bonds is 2. The third-order valence-corrected chi connectivity index (χ3v) is 1.02. The largest absolute Gasteiger partial charge is 0.351 e. The fourth-order valence-corrected chi connectivity index (χ4v) is 0.577. The molecule has 0 aliphatic rings. The minimum absolute atomic E-state index is 0.289. The average molecular weight is 138 g/mol. The van der Waals surface area contributed by atoms with Crippen molar-refractivity contribution in [2.24, 2.45) is 0 Å². The van der Waals surface area contributed by atoms with Crippen LogP contribution in [0, 0.1) is 6.92 Å². The molecule has 0 saturated carbocycles. The van der Waals surface area contributed by atoms with Gasteiger partial charge in [-0.15, -0.1) is 0 Å². The quantitative estimate of drug-likeness (QED) is 0.597. The van der Waals surface area contributed by atoms with Gasteiger partial charge in [-0.05, 0) is 0 Å². The molecule has 0 unspecified atom stereocenters. The van der Waals surface area contributed by atoms with Gasteiger partial charge in [-0.2, -0.15) is 0 Å². The first-order valence-electron chi connectivity index (χ1n) is 2.86. The van der Waals surface area contributed by atoms with Crippen molar-refractivity contribution in [1.29, 1.82) is 0 Å². The number of imidazole rings is 1. The molecule has 2 N–H and O–H groups in total. The first-order valence-corrected chi connectivity index (χ1v) is 2.86. The van der Waals surface area contributed by atoms with Crippen molar-refractivity contribution in [3.05, 3.63) is 25.1 Å². The summed E-state index contributed by atoms with van der Waals surface area (Å²) in [6, 6.07) is 0. The maximum absolute atomic E-state index is 10.3. The maximum Gasteiger partial charge on any atom is 0.220 e. The average Bonchev–Trinajstić information content (AvgIpc) is 2.34. The highest BCUT2D eigenvalue weighted by atomic mass is 16.1. The smallest absolute Gasteiger partial charge is 0.220 e. The van der Waals surface area contributed by atoms with E-state index in [4.69, 9.17) is 0 Å². The van der Waals surface area contributed by atoms with E-state index < -0.39 is 0 Å². The predicted molar refractivity (Wildman–Crippen MR) is 35.8 cm³/mol. The Bertz CT molecular complexity index is 205. The molecule has 4 heteroatoms. The number of nitrogens with one attached hydrogen (secondary N) is 2. The van der Waals surface area contributed by atoms with Crippen molar-refractivity contribution >= 4 is 5.91 Å². The lowest BCUT2D eigenvalue weighted by molar-refractivity contribution is -0.116. The molecule has 1 heterocycles. The molecule has 0 saturated heterocycles. The summed E-state index contributed by atoms with van der Waals surface area (Å²) in [7, 11) is 0. The van der Waals surface area contributed by atoms with Crippen molar-refractivity contribution in [1.82, 2.24) is 15.3 Å². The van der Waals surface area contributed by atoms with Gasteiger partial charge in [-0.3, -0.25) is 4.79 Å². The molecule has 10 heavy (non-hydrogen) atoms. The number of hydrogen-bond donors (Lipinski definition) is 2. The van der Waals surface area contributed by atoms with E-state index in [1.165, 1.54) is 0 Å². The molecule has 4 nitrogen and oxygen atoms in total. The van der Waals surface area contributed by atoms with Crippen molar-refractivity contribution < 1.29 is 4.79 Å². The van der Waals surface area contributed by atoms with E-state index >= 15 is 0 Å². The number of carbonyl (C=O) groups excluding carboxylic acids is 1. The van der Waals surface area contributed by atoms with Crippen LogP contribution >= 0.6 is 0 Å². The molecule has 1 aromatic heterocycles. The van der Waals surface area contributed by atoms with E-state index in [1.54, 1.807) is 12.5 Å². The van der Waals surface area contributed by atoms with Crippen LogP contribution in [-0.4, -0.2) is 15.9 Å². The lowest BCUT2D eigenvalue weighted by Crippen LogP contribution is -2.19. The molecular weight excluding hydrogens is 130 g/mol. The normalized spacial score (nSPS) is 9.30. The zero-order valence-corrected chi connectivity index (χ0v) is 5.42. The van der Waals surface area contributed by atoms with Crippen molar-refractivity contribution in [2.75, 3.05) is 0 Å². The lowest BCUT2D eigenvalue weighted by Gasteiger charge is -1.95. The predicted octanol–water partition coefficient (Wildman–Crippen LogP) is -0.140. The van der Waals surface area contributed by atoms with E-state index in [0.717, 1.165) is 5.69 Å². The van der Waals surface area contributed by atoms with E-state index in [-0.39, 0.29) is 5.91 Å². The van der Waals surface area contributed by atoms with Crippen LogP contribution < -0.4 is 5.32 Å². The van der Waals surface area contributed by atoms with Crippen LogP contribution in [0.25, 0.3) is 0 Å². The first-order chi connectivity index (χ1) is 4.79. The van der Waals surface area contributed by atoms with Crippen molar-refractivity contribution in [3.8, 4) is 0 Å². The van der Waals surface area contributed by atoms with E-state index in [9.17, 15) is 4.79 Å². The van der Waals surface area contributed by atoms with Crippen LogP contribution in [0.15, 0.2) is 12.5 Å². The molecule has 0 aromatic carbocycles. The summed E-state index contributed by atoms with van der Waals surface area (Å²) in [6.45, 7) is 3.59. The molecule has 0 aliphatic heterocycles. The van der Waals surface area contributed by atoms with E-state index in [1.807, 2.05) is 0 Å². The SMILES string of the molecule is [CH2]C(=O)NCc1c[nH]cn1. The number of H-pyrrole nitrogens is 1. The molecule has 0 fully saturated rings. The van der Waals surface area contributed by atoms with Gasteiger partial charge >= 0.3 is 0 Å². The minimum Gasteiger partial charge on any atom is -0.351 e. The standard InChI is InChI=1S/C6H8N3O/c1-5(10)8-3-6-2-7-4-9-6/h2,4H,1,3H2,(H,7,9)(H,8,10). The number of aromatic nitrogens is 2.